The van der Waals surface area contributed by atoms with E-state index >= 15 is 0 Å². The summed E-state index contributed by atoms with van der Waals surface area (Å²) in [5.74, 6) is 0.474. The van der Waals surface area contributed by atoms with Crippen LogP contribution in [0.5, 0.6) is 5.75 Å². The van der Waals surface area contributed by atoms with Crippen molar-refractivity contribution in [1.82, 2.24) is 0 Å². The first-order chi connectivity index (χ1) is 18.1. The summed E-state index contributed by atoms with van der Waals surface area (Å²) in [5.41, 5.74) is 1.85. The van der Waals surface area contributed by atoms with E-state index in [9.17, 15) is 8.42 Å². The fourth-order valence-corrected chi connectivity index (χ4v) is 6.21. The minimum Gasteiger partial charge on any atom is -0.379 e. The molecular weight excluding hydrogens is 476 g/mol. The van der Waals surface area contributed by atoms with E-state index in [1.54, 1.807) is 18.2 Å². The minimum atomic E-state index is -3.87. The fourth-order valence-electron chi connectivity index (χ4n) is 4.98. The number of aryl methyl sites for hydroxylation is 2. The average molecular weight is 529 g/mol. The van der Waals surface area contributed by atoms with E-state index in [1.165, 1.54) is 89.9 Å². The van der Waals surface area contributed by atoms with Crippen LogP contribution in [-0.4, -0.2) is 8.42 Å². The lowest BCUT2D eigenvalue weighted by atomic mass is 10.0. The Kier molecular flexibility index (Phi) is 16.4. The van der Waals surface area contributed by atoms with Gasteiger partial charge in [-0.1, -0.05) is 147 Å². The zero-order chi connectivity index (χ0) is 26.6. The minimum absolute atomic E-state index is 0.316. The Balaban J connectivity index is 1.84. The number of unbranched alkanes of at least 4 members (excludes halogenated alkanes) is 15. The molecule has 0 amide bonds. The van der Waals surface area contributed by atoms with Gasteiger partial charge in [0, 0.05) is 0 Å². The van der Waals surface area contributed by atoms with Crippen molar-refractivity contribution in [3.8, 4) is 5.75 Å². The molecule has 0 saturated carbocycles. The summed E-state index contributed by atoms with van der Waals surface area (Å²) in [6, 6.07) is 15.0. The van der Waals surface area contributed by atoms with Crippen molar-refractivity contribution in [3.63, 3.8) is 0 Å². The van der Waals surface area contributed by atoms with E-state index < -0.39 is 10.1 Å². The van der Waals surface area contributed by atoms with E-state index in [-0.39, 0.29) is 0 Å². The van der Waals surface area contributed by atoms with Crippen LogP contribution < -0.4 is 4.18 Å². The van der Waals surface area contributed by atoms with Crippen molar-refractivity contribution in [2.75, 3.05) is 0 Å². The molecule has 0 atom stereocenters. The number of hydrogen-bond donors (Lipinski definition) is 0. The second-order valence-electron chi connectivity index (χ2n) is 10.6. The van der Waals surface area contributed by atoms with Crippen molar-refractivity contribution in [2.24, 2.45) is 0 Å². The normalized spacial score (nSPS) is 11.6. The Morgan fingerprint density at radius 3 is 1.46 bits per heavy atom. The van der Waals surface area contributed by atoms with E-state index in [0.29, 0.717) is 10.6 Å². The second kappa shape index (κ2) is 19.3. The van der Waals surface area contributed by atoms with Crippen LogP contribution in [0.1, 0.15) is 134 Å². The van der Waals surface area contributed by atoms with Gasteiger partial charge in [0.05, 0.1) is 0 Å². The van der Waals surface area contributed by atoms with Crippen LogP contribution in [0, 0.1) is 0 Å². The van der Waals surface area contributed by atoms with Crippen LogP contribution in [0.15, 0.2) is 53.4 Å². The van der Waals surface area contributed by atoms with Crippen molar-refractivity contribution in [1.29, 1.82) is 0 Å². The molecule has 0 spiro atoms. The number of hydrogen-bond acceptors (Lipinski definition) is 3. The molecule has 0 aliphatic carbocycles. The predicted octanol–water partition coefficient (Wildman–Crippen LogP) is 10.2. The van der Waals surface area contributed by atoms with Gasteiger partial charge in [-0.15, -0.1) is 0 Å². The number of para-hydroxylation sites is 1. The Labute approximate surface area is 228 Å². The van der Waals surface area contributed by atoms with E-state index in [0.717, 1.165) is 43.2 Å². The highest BCUT2D eigenvalue weighted by molar-refractivity contribution is 7.87. The topological polar surface area (TPSA) is 43.4 Å². The maximum atomic E-state index is 13.3. The molecule has 0 bridgehead atoms. The Morgan fingerprint density at radius 2 is 0.919 bits per heavy atom. The first kappa shape index (κ1) is 31.4. The molecule has 0 unspecified atom stereocenters. The van der Waals surface area contributed by atoms with Gasteiger partial charge in [0.1, 0.15) is 10.6 Å². The van der Waals surface area contributed by atoms with Crippen molar-refractivity contribution in [2.45, 2.75) is 141 Å². The van der Waals surface area contributed by atoms with Crippen LogP contribution in [0.25, 0.3) is 0 Å². The SMILES string of the molecule is CCCCCCCCCCCCc1ccccc1S(=O)(=O)Oc1ccccc1CCCCCCCCC. The van der Waals surface area contributed by atoms with Crippen molar-refractivity contribution >= 4 is 10.1 Å². The summed E-state index contributed by atoms with van der Waals surface area (Å²) >= 11 is 0. The molecule has 0 fully saturated rings. The standard InChI is InChI=1S/C33H52O3S/c1-3-5-7-9-11-12-13-15-17-19-26-31-27-21-23-29-33(31)37(34,35)36-32-28-22-20-25-30(32)24-18-16-14-10-8-6-4-2/h20-23,25,27-29H,3-19,24,26H2,1-2H3. The van der Waals surface area contributed by atoms with Crippen LogP contribution in [-0.2, 0) is 23.0 Å². The summed E-state index contributed by atoms with van der Waals surface area (Å²) < 4.78 is 32.4. The molecule has 2 rings (SSSR count). The summed E-state index contributed by atoms with van der Waals surface area (Å²) in [6.45, 7) is 4.49. The Morgan fingerprint density at radius 1 is 0.514 bits per heavy atom. The third kappa shape index (κ3) is 13.0. The molecule has 4 heteroatoms. The largest absolute Gasteiger partial charge is 0.379 e. The third-order valence-electron chi connectivity index (χ3n) is 7.26. The van der Waals surface area contributed by atoms with Gasteiger partial charge >= 0.3 is 10.1 Å². The van der Waals surface area contributed by atoms with Crippen molar-refractivity contribution in [3.05, 3.63) is 59.7 Å². The Bertz CT molecular complexity index is 952. The monoisotopic (exact) mass is 528 g/mol. The predicted molar refractivity (Wildman–Crippen MR) is 158 cm³/mol. The molecule has 0 saturated heterocycles. The number of rotatable bonds is 22. The maximum absolute atomic E-state index is 13.3. The lowest BCUT2D eigenvalue weighted by molar-refractivity contribution is 0.480. The summed E-state index contributed by atoms with van der Waals surface area (Å²) in [5, 5.41) is 0. The quantitative estimate of drug-likeness (QED) is 0.113. The lowest BCUT2D eigenvalue weighted by Crippen LogP contribution is -2.13. The van der Waals surface area contributed by atoms with Gasteiger partial charge in [-0.25, -0.2) is 0 Å². The smallest absolute Gasteiger partial charge is 0.339 e. The summed E-state index contributed by atoms with van der Waals surface area (Å²) in [4.78, 5) is 0.316. The van der Waals surface area contributed by atoms with E-state index in [1.807, 2.05) is 30.3 Å². The van der Waals surface area contributed by atoms with Crippen LogP contribution >= 0.6 is 0 Å². The molecule has 0 aliphatic heterocycles. The van der Waals surface area contributed by atoms with Gasteiger partial charge in [0.25, 0.3) is 0 Å². The van der Waals surface area contributed by atoms with Crippen LogP contribution in [0.2, 0.25) is 0 Å². The van der Waals surface area contributed by atoms with Gasteiger partial charge < -0.3 is 4.18 Å². The Hall–Kier alpha value is -1.81. The molecule has 0 radical (unpaired) electrons. The molecule has 0 aliphatic rings. The third-order valence-corrected chi connectivity index (χ3v) is 8.60. The van der Waals surface area contributed by atoms with Crippen LogP contribution in [0.4, 0.5) is 0 Å². The zero-order valence-electron chi connectivity index (χ0n) is 23.7. The molecule has 37 heavy (non-hydrogen) atoms. The van der Waals surface area contributed by atoms with Gasteiger partial charge in [-0.3, -0.25) is 0 Å². The van der Waals surface area contributed by atoms with Crippen LogP contribution in [0.3, 0.4) is 0 Å². The van der Waals surface area contributed by atoms with Gasteiger partial charge in [-0.05, 0) is 48.9 Å². The molecule has 2 aromatic carbocycles. The number of benzene rings is 2. The van der Waals surface area contributed by atoms with Crippen molar-refractivity contribution < 1.29 is 12.6 Å². The van der Waals surface area contributed by atoms with Gasteiger partial charge in [0.15, 0.2) is 0 Å². The highest BCUT2D eigenvalue weighted by Gasteiger charge is 2.21. The molecular formula is C33H52O3S. The molecule has 0 N–H and O–H groups in total. The molecule has 208 valence electrons. The molecule has 2 aromatic rings. The lowest BCUT2D eigenvalue weighted by Gasteiger charge is -2.14. The van der Waals surface area contributed by atoms with E-state index in [4.69, 9.17) is 4.18 Å². The first-order valence-corrected chi connectivity index (χ1v) is 16.6. The summed E-state index contributed by atoms with van der Waals surface area (Å²) in [7, 11) is -3.87. The molecule has 3 nitrogen and oxygen atoms in total. The zero-order valence-corrected chi connectivity index (χ0v) is 24.5. The van der Waals surface area contributed by atoms with E-state index in [2.05, 4.69) is 13.8 Å². The fraction of sp³-hybridized carbons (Fsp3) is 0.636. The summed E-state index contributed by atoms with van der Waals surface area (Å²) in [6.07, 6.45) is 23.0. The highest BCUT2D eigenvalue weighted by Crippen LogP contribution is 2.27. The first-order valence-electron chi connectivity index (χ1n) is 15.2. The highest BCUT2D eigenvalue weighted by atomic mass is 32.2. The maximum Gasteiger partial charge on any atom is 0.339 e. The second-order valence-corrected chi connectivity index (χ2v) is 12.1. The molecule has 0 heterocycles. The molecule has 0 aromatic heterocycles. The average Bonchev–Trinajstić information content (AvgIpc) is 2.90. The van der Waals surface area contributed by atoms with Gasteiger partial charge in [-0.2, -0.15) is 8.42 Å². The van der Waals surface area contributed by atoms with Gasteiger partial charge in [0.2, 0.25) is 0 Å².